The Hall–Kier alpha value is -1.98. The van der Waals surface area contributed by atoms with Crippen molar-refractivity contribution in [1.29, 1.82) is 0 Å². The van der Waals surface area contributed by atoms with Crippen molar-refractivity contribution in [3.05, 3.63) is 54.1 Å². The Labute approximate surface area is 184 Å². The van der Waals surface area contributed by atoms with Gasteiger partial charge in [-0.05, 0) is 81.1 Å². The molecule has 5 heteroatoms. The number of rotatable bonds is 6. The Morgan fingerprint density at radius 1 is 0.967 bits per heavy atom. The predicted molar refractivity (Wildman–Crippen MR) is 127 cm³/mol. The molecule has 160 valence electrons. The number of hydrogen-bond donors (Lipinski definition) is 2. The summed E-state index contributed by atoms with van der Waals surface area (Å²) in [4.78, 5) is 16.4. The lowest BCUT2D eigenvalue weighted by Gasteiger charge is -2.35. The summed E-state index contributed by atoms with van der Waals surface area (Å²) >= 11 is 1.96. The Bertz CT molecular complexity index is 825. The van der Waals surface area contributed by atoms with Gasteiger partial charge in [0.2, 0.25) is 0 Å². The summed E-state index contributed by atoms with van der Waals surface area (Å²) in [7, 11) is 0. The molecule has 0 bridgehead atoms. The second kappa shape index (κ2) is 10.4. The maximum Gasteiger partial charge on any atom is 0.255 e. The summed E-state index contributed by atoms with van der Waals surface area (Å²) in [6.45, 7) is 3.77. The molecule has 1 aliphatic carbocycles. The molecule has 1 aliphatic heterocycles. The summed E-state index contributed by atoms with van der Waals surface area (Å²) in [5.74, 6) is 0.813. The van der Waals surface area contributed by atoms with E-state index in [-0.39, 0.29) is 5.91 Å². The molecule has 2 aliphatic rings. The molecular formula is C25H33N3OS. The van der Waals surface area contributed by atoms with Crippen molar-refractivity contribution in [2.45, 2.75) is 55.1 Å². The Balaban J connectivity index is 1.24. The second-order valence-electron chi connectivity index (χ2n) is 8.69. The number of carbonyl (C=O) groups is 1. The van der Waals surface area contributed by atoms with Crippen LogP contribution in [0.4, 0.5) is 11.4 Å². The van der Waals surface area contributed by atoms with Crippen LogP contribution < -0.4 is 11.1 Å². The lowest BCUT2D eigenvalue weighted by molar-refractivity contribution is 0.102. The number of amides is 1. The molecular weight excluding hydrogens is 390 g/mol. The number of thioether (sulfide) groups is 1. The summed E-state index contributed by atoms with van der Waals surface area (Å²) in [5, 5.41) is 3.57. The van der Waals surface area contributed by atoms with Crippen molar-refractivity contribution in [2.24, 2.45) is 5.92 Å². The number of nitrogen functional groups attached to an aromatic ring is 1. The van der Waals surface area contributed by atoms with E-state index in [4.69, 9.17) is 5.73 Å². The smallest absolute Gasteiger partial charge is 0.255 e. The number of para-hydroxylation sites is 2. The van der Waals surface area contributed by atoms with Crippen molar-refractivity contribution < 1.29 is 4.79 Å². The SMILES string of the molecule is Nc1ccccc1NC(=O)c1ccc(SC2CCN(CC3CCCCC3)CC2)cc1. The normalized spacial score (nSPS) is 18.9. The van der Waals surface area contributed by atoms with Crippen LogP contribution in [0, 0.1) is 5.92 Å². The Morgan fingerprint density at radius 2 is 1.67 bits per heavy atom. The predicted octanol–water partition coefficient (Wildman–Crippen LogP) is 5.66. The zero-order chi connectivity index (χ0) is 20.8. The zero-order valence-corrected chi connectivity index (χ0v) is 18.5. The molecule has 2 aromatic rings. The summed E-state index contributed by atoms with van der Waals surface area (Å²) < 4.78 is 0. The molecule has 0 atom stereocenters. The van der Waals surface area contributed by atoms with Gasteiger partial charge in [-0.1, -0.05) is 31.4 Å². The van der Waals surface area contributed by atoms with Gasteiger partial charge in [0.1, 0.15) is 0 Å². The maximum atomic E-state index is 12.5. The largest absolute Gasteiger partial charge is 0.397 e. The number of benzene rings is 2. The highest BCUT2D eigenvalue weighted by Crippen LogP contribution is 2.32. The third kappa shape index (κ3) is 5.79. The van der Waals surface area contributed by atoms with Gasteiger partial charge in [-0.3, -0.25) is 4.79 Å². The van der Waals surface area contributed by atoms with Crippen molar-refractivity contribution in [2.75, 3.05) is 30.7 Å². The van der Waals surface area contributed by atoms with E-state index < -0.39 is 0 Å². The molecule has 0 aromatic heterocycles. The molecule has 1 saturated carbocycles. The van der Waals surface area contributed by atoms with Crippen LogP contribution >= 0.6 is 11.8 Å². The fourth-order valence-corrected chi connectivity index (χ4v) is 5.75. The number of likely N-dealkylation sites (tertiary alicyclic amines) is 1. The van der Waals surface area contributed by atoms with Crippen LogP contribution in [-0.4, -0.2) is 35.7 Å². The monoisotopic (exact) mass is 423 g/mol. The average Bonchev–Trinajstić information content (AvgIpc) is 2.78. The molecule has 3 N–H and O–H groups in total. The van der Waals surface area contributed by atoms with E-state index in [1.807, 2.05) is 42.1 Å². The molecule has 0 spiro atoms. The van der Waals surface area contributed by atoms with Gasteiger partial charge in [-0.25, -0.2) is 0 Å². The summed E-state index contributed by atoms with van der Waals surface area (Å²) in [5.41, 5.74) is 7.80. The van der Waals surface area contributed by atoms with Crippen molar-refractivity contribution in [1.82, 2.24) is 4.90 Å². The van der Waals surface area contributed by atoms with E-state index >= 15 is 0 Å². The molecule has 30 heavy (non-hydrogen) atoms. The van der Waals surface area contributed by atoms with Crippen LogP contribution in [0.15, 0.2) is 53.4 Å². The van der Waals surface area contributed by atoms with Gasteiger partial charge >= 0.3 is 0 Å². The number of hydrogen-bond acceptors (Lipinski definition) is 4. The molecule has 1 amide bonds. The average molecular weight is 424 g/mol. The first-order chi connectivity index (χ1) is 14.7. The van der Waals surface area contributed by atoms with Crippen LogP contribution in [0.25, 0.3) is 0 Å². The third-order valence-corrected chi connectivity index (χ3v) is 7.75. The fraction of sp³-hybridized carbons (Fsp3) is 0.480. The van der Waals surface area contributed by atoms with Crippen LogP contribution in [0.2, 0.25) is 0 Å². The maximum absolute atomic E-state index is 12.5. The molecule has 4 nitrogen and oxygen atoms in total. The van der Waals surface area contributed by atoms with Crippen molar-refractivity contribution in [3.63, 3.8) is 0 Å². The third-order valence-electron chi connectivity index (χ3n) is 6.40. The topological polar surface area (TPSA) is 58.4 Å². The van der Waals surface area contributed by atoms with E-state index in [1.165, 1.54) is 69.5 Å². The minimum Gasteiger partial charge on any atom is -0.397 e. The molecule has 0 radical (unpaired) electrons. The van der Waals surface area contributed by atoms with E-state index in [2.05, 4.69) is 22.3 Å². The van der Waals surface area contributed by atoms with E-state index in [1.54, 1.807) is 6.07 Å². The first-order valence-electron chi connectivity index (χ1n) is 11.3. The highest BCUT2D eigenvalue weighted by molar-refractivity contribution is 8.00. The minimum atomic E-state index is -0.125. The van der Waals surface area contributed by atoms with Crippen LogP contribution in [0.3, 0.4) is 0 Å². The van der Waals surface area contributed by atoms with Gasteiger partial charge in [0.15, 0.2) is 0 Å². The number of anilines is 2. The molecule has 2 aromatic carbocycles. The van der Waals surface area contributed by atoms with E-state index in [0.717, 1.165) is 5.92 Å². The van der Waals surface area contributed by atoms with Crippen LogP contribution in [-0.2, 0) is 0 Å². The number of nitrogens with zero attached hydrogens (tertiary/aromatic N) is 1. The minimum absolute atomic E-state index is 0.125. The van der Waals surface area contributed by atoms with Gasteiger partial charge in [-0.2, -0.15) is 0 Å². The van der Waals surface area contributed by atoms with Gasteiger partial charge in [0.25, 0.3) is 5.91 Å². The van der Waals surface area contributed by atoms with Crippen molar-refractivity contribution in [3.8, 4) is 0 Å². The van der Waals surface area contributed by atoms with Gasteiger partial charge in [-0.15, -0.1) is 11.8 Å². The van der Waals surface area contributed by atoms with Gasteiger partial charge in [0, 0.05) is 22.3 Å². The summed E-state index contributed by atoms with van der Waals surface area (Å²) in [6.07, 6.45) is 9.69. The highest BCUT2D eigenvalue weighted by atomic mass is 32.2. The fourth-order valence-electron chi connectivity index (χ4n) is 4.63. The number of nitrogens with two attached hydrogens (primary N) is 1. The zero-order valence-electron chi connectivity index (χ0n) is 17.7. The highest BCUT2D eigenvalue weighted by Gasteiger charge is 2.23. The number of nitrogens with one attached hydrogen (secondary N) is 1. The second-order valence-corrected chi connectivity index (χ2v) is 10.1. The van der Waals surface area contributed by atoms with Gasteiger partial charge in [0.05, 0.1) is 11.4 Å². The number of carbonyl (C=O) groups excluding carboxylic acids is 1. The summed E-state index contributed by atoms with van der Waals surface area (Å²) in [6, 6.07) is 15.3. The van der Waals surface area contributed by atoms with E-state index in [0.29, 0.717) is 22.2 Å². The molecule has 0 unspecified atom stereocenters. The molecule has 1 saturated heterocycles. The standard InChI is InChI=1S/C25H33N3OS/c26-23-8-4-5-9-24(23)27-25(29)20-10-12-21(13-11-20)30-22-14-16-28(17-15-22)18-19-6-2-1-3-7-19/h4-5,8-13,19,22H,1-3,6-7,14-18,26H2,(H,27,29). The lowest BCUT2D eigenvalue weighted by Crippen LogP contribution is -2.38. The quantitative estimate of drug-likeness (QED) is 0.589. The Morgan fingerprint density at radius 3 is 2.37 bits per heavy atom. The van der Waals surface area contributed by atoms with E-state index in [9.17, 15) is 4.79 Å². The first-order valence-corrected chi connectivity index (χ1v) is 12.2. The van der Waals surface area contributed by atoms with Crippen LogP contribution in [0.1, 0.15) is 55.3 Å². The molecule has 2 fully saturated rings. The molecule has 4 rings (SSSR count). The lowest BCUT2D eigenvalue weighted by atomic mass is 9.88. The van der Waals surface area contributed by atoms with Gasteiger partial charge < -0.3 is 16.0 Å². The van der Waals surface area contributed by atoms with Crippen LogP contribution in [0.5, 0.6) is 0 Å². The molecule has 1 heterocycles. The number of piperidine rings is 1. The Kier molecular flexibility index (Phi) is 7.34. The first kappa shape index (κ1) is 21.3. The van der Waals surface area contributed by atoms with Crippen molar-refractivity contribution >= 4 is 29.0 Å².